The van der Waals surface area contributed by atoms with Gasteiger partial charge in [-0.05, 0) is 42.4 Å². The molecule has 1 aliphatic rings. The molecule has 0 spiro atoms. The molecule has 1 aromatic carbocycles. The largest absolute Gasteiger partial charge is 0.478 e. The van der Waals surface area contributed by atoms with Crippen LogP contribution in [-0.2, 0) is 0 Å². The van der Waals surface area contributed by atoms with Crippen LogP contribution in [0.3, 0.4) is 0 Å². The summed E-state index contributed by atoms with van der Waals surface area (Å²) in [6, 6.07) is 3.01. The van der Waals surface area contributed by atoms with Gasteiger partial charge < -0.3 is 10.2 Å². The van der Waals surface area contributed by atoms with Crippen molar-refractivity contribution in [2.45, 2.75) is 19.3 Å². The first-order chi connectivity index (χ1) is 8.47. The Morgan fingerprint density at radius 3 is 2.44 bits per heavy atom. The molecular formula is C13H13ClO4. The van der Waals surface area contributed by atoms with E-state index in [1.54, 1.807) is 6.92 Å². The molecule has 2 atom stereocenters. The van der Waals surface area contributed by atoms with E-state index in [-0.39, 0.29) is 23.0 Å². The number of aromatic carboxylic acids is 2. The molecule has 1 fully saturated rings. The number of hydrogen-bond donors (Lipinski definition) is 2. The molecule has 2 rings (SSSR count). The van der Waals surface area contributed by atoms with E-state index in [0.717, 1.165) is 6.42 Å². The summed E-state index contributed by atoms with van der Waals surface area (Å²) in [6.45, 7) is 1.68. The van der Waals surface area contributed by atoms with Crippen molar-refractivity contribution >= 4 is 23.5 Å². The fraction of sp³-hybridized carbons (Fsp3) is 0.385. The molecule has 18 heavy (non-hydrogen) atoms. The van der Waals surface area contributed by atoms with Gasteiger partial charge in [0, 0.05) is 5.88 Å². The van der Waals surface area contributed by atoms with E-state index < -0.39 is 11.9 Å². The highest BCUT2D eigenvalue weighted by Gasteiger charge is 2.42. The second-order valence-electron chi connectivity index (χ2n) is 4.59. The van der Waals surface area contributed by atoms with E-state index in [0.29, 0.717) is 17.0 Å². The summed E-state index contributed by atoms with van der Waals surface area (Å²) in [6.07, 6.45) is 0.757. The number of rotatable bonds is 4. The molecule has 0 saturated heterocycles. The van der Waals surface area contributed by atoms with Gasteiger partial charge in [0.1, 0.15) is 0 Å². The molecule has 96 valence electrons. The first-order valence-corrected chi connectivity index (χ1v) is 6.16. The maximum Gasteiger partial charge on any atom is 0.336 e. The predicted molar refractivity (Wildman–Crippen MR) is 66.7 cm³/mol. The summed E-state index contributed by atoms with van der Waals surface area (Å²) >= 11 is 5.75. The standard InChI is InChI=1S/C13H13ClO4/c1-6-2-3-8(12(15)16)11(10(6)13(17)18)9-4-7(9)5-14/h2-3,7,9H,4-5H2,1H3,(H,15,16)(H,17,18). The lowest BCUT2D eigenvalue weighted by molar-refractivity contribution is 0.0694. The van der Waals surface area contributed by atoms with Gasteiger partial charge in [-0.2, -0.15) is 0 Å². The van der Waals surface area contributed by atoms with Crippen molar-refractivity contribution < 1.29 is 19.8 Å². The quantitative estimate of drug-likeness (QED) is 0.824. The molecule has 2 N–H and O–H groups in total. The molecule has 0 radical (unpaired) electrons. The zero-order valence-corrected chi connectivity index (χ0v) is 10.6. The number of carbonyl (C=O) groups is 2. The van der Waals surface area contributed by atoms with Crippen molar-refractivity contribution in [1.82, 2.24) is 0 Å². The molecule has 0 aliphatic heterocycles. The van der Waals surface area contributed by atoms with E-state index in [2.05, 4.69) is 0 Å². The summed E-state index contributed by atoms with van der Waals surface area (Å²) in [5, 5.41) is 18.4. The van der Waals surface area contributed by atoms with Gasteiger partial charge in [-0.25, -0.2) is 9.59 Å². The molecule has 0 amide bonds. The Kier molecular flexibility index (Phi) is 3.30. The molecule has 0 bridgehead atoms. The van der Waals surface area contributed by atoms with Crippen LogP contribution in [0.4, 0.5) is 0 Å². The number of alkyl halides is 1. The molecular weight excluding hydrogens is 256 g/mol. The lowest BCUT2D eigenvalue weighted by Crippen LogP contribution is -2.11. The molecule has 1 aliphatic carbocycles. The Morgan fingerprint density at radius 2 is 2.00 bits per heavy atom. The molecule has 0 aromatic heterocycles. The second-order valence-corrected chi connectivity index (χ2v) is 4.89. The van der Waals surface area contributed by atoms with Crippen LogP contribution >= 0.6 is 11.6 Å². The van der Waals surface area contributed by atoms with Gasteiger partial charge in [-0.1, -0.05) is 6.07 Å². The van der Waals surface area contributed by atoms with Gasteiger partial charge in [0.2, 0.25) is 0 Å². The third-order valence-electron chi connectivity index (χ3n) is 3.39. The fourth-order valence-electron chi connectivity index (χ4n) is 2.36. The molecule has 5 heteroatoms. The smallest absolute Gasteiger partial charge is 0.336 e. The molecule has 4 nitrogen and oxygen atoms in total. The SMILES string of the molecule is Cc1ccc(C(=O)O)c(C2CC2CCl)c1C(=O)O. The van der Waals surface area contributed by atoms with Gasteiger partial charge in [-0.15, -0.1) is 11.6 Å². The Hall–Kier alpha value is -1.55. The van der Waals surface area contributed by atoms with Gasteiger partial charge >= 0.3 is 11.9 Å². The monoisotopic (exact) mass is 268 g/mol. The molecule has 1 saturated carbocycles. The van der Waals surface area contributed by atoms with E-state index in [4.69, 9.17) is 11.6 Å². The Balaban J connectivity index is 2.61. The molecule has 1 aromatic rings. The van der Waals surface area contributed by atoms with Crippen molar-refractivity contribution in [2.24, 2.45) is 5.92 Å². The van der Waals surface area contributed by atoms with Crippen LogP contribution in [0.5, 0.6) is 0 Å². The number of carboxylic acids is 2. The topological polar surface area (TPSA) is 74.6 Å². The van der Waals surface area contributed by atoms with Gasteiger partial charge in [0.25, 0.3) is 0 Å². The Morgan fingerprint density at radius 1 is 1.33 bits per heavy atom. The summed E-state index contributed by atoms with van der Waals surface area (Å²) < 4.78 is 0. The van der Waals surface area contributed by atoms with Crippen molar-refractivity contribution in [2.75, 3.05) is 5.88 Å². The van der Waals surface area contributed by atoms with Crippen molar-refractivity contribution in [1.29, 1.82) is 0 Å². The highest BCUT2D eigenvalue weighted by molar-refractivity contribution is 6.18. The maximum atomic E-state index is 11.3. The average molecular weight is 269 g/mol. The van der Waals surface area contributed by atoms with Gasteiger partial charge in [0.05, 0.1) is 11.1 Å². The first kappa shape index (κ1) is 12.9. The number of aryl methyl sites for hydroxylation is 1. The third kappa shape index (κ3) is 2.08. The minimum Gasteiger partial charge on any atom is -0.478 e. The van der Waals surface area contributed by atoms with E-state index >= 15 is 0 Å². The summed E-state index contributed by atoms with van der Waals surface area (Å²) in [4.78, 5) is 22.5. The van der Waals surface area contributed by atoms with E-state index in [1.807, 2.05) is 0 Å². The van der Waals surface area contributed by atoms with Crippen LogP contribution in [0.1, 0.15) is 44.2 Å². The number of carboxylic acid groups (broad SMARTS) is 2. The lowest BCUT2D eigenvalue weighted by Gasteiger charge is -2.12. The van der Waals surface area contributed by atoms with Gasteiger partial charge in [-0.3, -0.25) is 0 Å². The number of benzene rings is 1. The van der Waals surface area contributed by atoms with E-state index in [1.165, 1.54) is 12.1 Å². The van der Waals surface area contributed by atoms with E-state index in [9.17, 15) is 19.8 Å². The minimum atomic E-state index is -1.09. The van der Waals surface area contributed by atoms with Crippen LogP contribution < -0.4 is 0 Å². The highest BCUT2D eigenvalue weighted by Crippen LogP contribution is 2.50. The predicted octanol–water partition coefficient (Wildman–Crippen LogP) is 2.73. The molecule has 0 heterocycles. The zero-order chi connectivity index (χ0) is 13.4. The Labute approximate surface area is 109 Å². The van der Waals surface area contributed by atoms with Crippen molar-refractivity contribution in [3.05, 3.63) is 34.4 Å². The third-order valence-corrected chi connectivity index (χ3v) is 3.79. The number of hydrogen-bond acceptors (Lipinski definition) is 2. The summed E-state index contributed by atoms with van der Waals surface area (Å²) in [7, 11) is 0. The van der Waals surface area contributed by atoms with Crippen LogP contribution in [0.25, 0.3) is 0 Å². The Bertz CT molecular complexity index is 524. The highest BCUT2D eigenvalue weighted by atomic mass is 35.5. The number of halogens is 1. The average Bonchev–Trinajstić information content (AvgIpc) is 3.06. The van der Waals surface area contributed by atoms with Crippen LogP contribution in [0.2, 0.25) is 0 Å². The maximum absolute atomic E-state index is 11.3. The van der Waals surface area contributed by atoms with Crippen LogP contribution in [-0.4, -0.2) is 28.0 Å². The van der Waals surface area contributed by atoms with Crippen LogP contribution in [0.15, 0.2) is 12.1 Å². The van der Waals surface area contributed by atoms with Gasteiger partial charge in [0.15, 0.2) is 0 Å². The van der Waals surface area contributed by atoms with Crippen LogP contribution in [0, 0.1) is 12.8 Å². The van der Waals surface area contributed by atoms with Crippen molar-refractivity contribution in [3.8, 4) is 0 Å². The summed E-state index contributed by atoms with van der Waals surface area (Å²) in [5.74, 6) is -1.60. The minimum absolute atomic E-state index is 0.0420. The fourth-order valence-corrected chi connectivity index (χ4v) is 2.70. The summed E-state index contributed by atoms with van der Waals surface area (Å²) in [5.41, 5.74) is 1.21. The lowest BCUT2D eigenvalue weighted by atomic mass is 9.92. The zero-order valence-electron chi connectivity index (χ0n) is 9.81. The first-order valence-electron chi connectivity index (χ1n) is 5.63. The normalized spacial score (nSPS) is 21.7. The molecule has 2 unspecified atom stereocenters. The second kappa shape index (κ2) is 4.61. The van der Waals surface area contributed by atoms with Crippen molar-refractivity contribution in [3.63, 3.8) is 0 Å².